The highest BCUT2D eigenvalue weighted by atomic mass is 16.6. The van der Waals surface area contributed by atoms with Crippen molar-refractivity contribution in [1.82, 2.24) is 19.4 Å². The van der Waals surface area contributed by atoms with Gasteiger partial charge < -0.3 is 28.6 Å². The van der Waals surface area contributed by atoms with E-state index in [0.29, 0.717) is 26.3 Å². The lowest BCUT2D eigenvalue weighted by Gasteiger charge is -2.35. The number of amides is 2. The standard InChI is InChI=1S/C26H38N4O5/c1-18-9-10-27-23-22(18)19(15-28(23)11-6-13-33-5)16-30(20-7-8-20)24(31)21-17-29(12-14-34-21)25(32)35-26(2,3)4/h9-10,15,20-21H,6-8,11-14,16-17H2,1-5H3/t21-/m1/s1. The topological polar surface area (TPSA) is 86.1 Å². The maximum atomic E-state index is 13.7. The number of aryl methyl sites for hydroxylation is 2. The first-order valence-corrected chi connectivity index (χ1v) is 12.5. The lowest BCUT2D eigenvalue weighted by Crippen LogP contribution is -2.53. The summed E-state index contributed by atoms with van der Waals surface area (Å²) in [5.41, 5.74) is 2.58. The summed E-state index contributed by atoms with van der Waals surface area (Å²) in [5.74, 6) is -0.0671. The molecule has 2 fully saturated rings. The van der Waals surface area contributed by atoms with Crippen molar-refractivity contribution in [3.05, 3.63) is 29.6 Å². The van der Waals surface area contributed by atoms with Crippen molar-refractivity contribution in [3.63, 3.8) is 0 Å². The number of hydrogen-bond acceptors (Lipinski definition) is 6. The molecule has 2 aliphatic rings. The zero-order valence-electron chi connectivity index (χ0n) is 21.6. The lowest BCUT2D eigenvalue weighted by molar-refractivity contribution is -0.150. The number of nitrogens with zero attached hydrogens (tertiary/aromatic N) is 4. The molecular weight excluding hydrogens is 448 g/mol. The van der Waals surface area contributed by atoms with Gasteiger partial charge in [0.1, 0.15) is 11.2 Å². The van der Waals surface area contributed by atoms with E-state index >= 15 is 0 Å². The number of fused-ring (bicyclic) bond motifs is 1. The van der Waals surface area contributed by atoms with Gasteiger partial charge in [-0.15, -0.1) is 0 Å². The van der Waals surface area contributed by atoms with Gasteiger partial charge in [0.05, 0.1) is 13.2 Å². The summed E-state index contributed by atoms with van der Waals surface area (Å²) >= 11 is 0. The number of methoxy groups -OCH3 is 1. The Balaban J connectivity index is 1.53. The summed E-state index contributed by atoms with van der Waals surface area (Å²) in [4.78, 5) is 34.4. The zero-order valence-corrected chi connectivity index (χ0v) is 21.6. The summed E-state index contributed by atoms with van der Waals surface area (Å²) in [5, 5.41) is 1.10. The number of carbonyl (C=O) groups is 2. The van der Waals surface area contributed by atoms with Crippen LogP contribution in [0, 0.1) is 6.92 Å². The Morgan fingerprint density at radius 3 is 2.74 bits per heavy atom. The second kappa shape index (κ2) is 10.5. The van der Waals surface area contributed by atoms with Crippen molar-refractivity contribution >= 4 is 23.0 Å². The molecular formula is C26H38N4O5. The van der Waals surface area contributed by atoms with E-state index in [2.05, 4.69) is 22.7 Å². The van der Waals surface area contributed by atoms with Crippen molar-refractivity contribution in [2.75, 3.05) is 33.4 Å². The van der Waals surface area contributed by atoms with Crippen molar-refractivity contribution < 1.29 is 23.8 Å². The smallest absolute Gasteiger partial charge is 0.410 e. The fourth-order valence-corrected chi connectivity index (χ4v) is 4.57. The minimum atomic E-state index is -0.689. The molecule has 1 atom stereocenters. The summed E-state index contributed by atoms with van der Waals surface area (Å²) in [7, 11) is 1.71. The van der Waals surface area contributed by atoms with Crippen LogP contribution in [0.25, 0.3) is 11.0 Å². The highest BCUT2D eigenvalue weighted by molar-refractivity contribution is 5.86. The van der Waals surface area contributed by atoms with Gasteiger partial charge in [0.15, 0.2) is 6.10 Å². The minimum Gasteiger partial charge on any atom is -0.444 e. The van der Waals surface area contributed by atoms with Crippen LogP contribution < -0.4 is 0 Å². The highest BCUT2D eigenvalue weighted by Crippen LogP contribution is 2.32. The molecule has 1 aliphatic heterocycles. The first kappa shape index (κ1) is 25.4. The Bertz CT molecular complexity index is 1060. The van der Waals surface area contributed by atoms with Gasteiger partial charge in [0, 0.05) is 57.2 Å². The molecule has 2 amide bonds. The van der Waals surface area contributed by atoms with E-state index in [-0.39, 0.29) is 18.5 Å². The normalized spacial score (nSPS) is 18.7. The molecule has 0 radical (unpaired) electrons. The van der Waals surface area contributed by atoms with Crippen LogP contribution in [0.1, 0.15) is 51.2 Å². The van der Waals surface area contributed by atoms with E-state index < -0.39 is 17.8 Å². The second-order valence-corrected chi connectivity index (χ2v) is 10.5. The zero-order chi connectivity index (χ0) is 25.2. The molecule has 1 saturated heterocycles. The van der Waals surface area contributed by atoms with Gasteiger partial charge in [-0.1, -0.05) is 0 Å². The van der Waals surface area contributed by atoms with Crippen LogP contribution in [0.5, 0.6) is 0 Å². The van der Waals surface area contributed by atoms with Crippen molar-refractivity contribution in [2.24, 2.45) is 0 Å². The Kier molecular flexibility index (Phi) is 7.66. The molecule has 35 heavy (non-hydrogen) atoms. The van der Waals surface area contributed by atoms with Crippen molar-refractivity contribution in [2.45, 2.75) is 77.8 Å². The summed E-state index contributed by atoms with van der Waals surface area (Å²) in [6.45, 7) is 10.5. The van der Waals surface area contributed by atoms with Crippen LogP contribution >= 0.6 is 0 Å². The third-order valence-corrected chi connectivity index (χ3v) is 6.40. The SMILES string of the molecule is COCCCn1cc(CN(C(=O)[C@H]2CN(C(=O)OC(C)(C)C)CCO2)C2CC2)c2c(C)ccnc21. The van der Waals surface area contributed by atoms with E-state index in [9.17, 15) is 9.59 Å². The molecule has 0 spiro atoms. The molecule has 0 N–H and O–H groups in total. The highest BCUT2D eigenvalue weighted by Gasteiger charge is 2.40. The average molecular weight is 487 g/mol. The molecule has 0 aromatic carbocycles. The number of hydrogen-bond donors (Lipinski definition) is 0. The van der Waals surface area contributed by atoms with E-state index in [0.717, 1.165) is 48.0 Å². The largest absolute Gasteiger partial charge is 0.444 e. The van der Waals surface area contributed by atoms with Gasteiger partial charge in [-0.2, -0.15) is 0 Å². The number of ether oxygens (including phenoxy) is 3. The van der Waals surface area contributed by atoms with E-state index in [1.165, 1.54) is 0 Å². The Morgan fingerprint density at radius 1 is 1.29 bits per heavy atom. The molecule has 0 bridgehead atoms. The Labute approximate surface area is 207 Å². The van der Waals surface area contributed by atoms with E-state index in [1.807, 2.05) is 37.9 Å². The predicted octanol–water partition coefficient (Wildman–Crippen LogP) is 3.51. The fourth-order valence-electron chi connectivity index (χ4n) is 4.57. The maximum Gasteiger partial charge on any atom is 0.410 e. The monoisotopic (exact) mass is 486 g/mol. The number of morpholine rings is 1. The Hall–Kier alpha value is -2.65. The second-order valence-electron chi connectivity index (χ2n) is 10.5. The maximum absolute atomic E-state index is 13.7. The van der Waals surface area contributed by atoms with E-state index in [4.69, 9.17) is 14.2 Å². The summed E-state index contributed by atoms with van der Waals surface area (Å²) in [6.07, 6.45) is 5.72. The molecule has 0 unspecified atom stereocenters. The van der Waals surface area contributed by atoms with Gasteiger partial charge in [0.2, 0.25) is 0 Å². The van der Waals surface area contributed by atoms with E-state index in [1.54, 1.807) is 12.0 Å². The third kappa shape index (κ3) is 6.13. The Morgan fingerprint density at radius 2 is 2.06 bits per heavy atom. The third-order valence-electron chi connectivity index (χ3n) is 6.40. The predicted molar refractivity (Wildman–Crippen MR) is 132 cm³/mol. The van der Waals surface area contributed by atoms with Gasteiger partial charge in [0.25, 0.3) is 5.91 Å². The molecule has 1 aliphatic carbocycles. The number of aromatic nitrogens is 2. The van der Waals surface area contributed by atoms with Gasteiger partial charge in [-0.05, 0) is 64.2 Å². The first-order chi connectivity index (χ1) is 16.7. The molecule has 4 rings (SSSR count). The molecule has 1 saturated carbocycles. The fraction of sp³-hybridized carbons (Fsp3) is 0.654. The molecule has 2 aromatic heterocycles. The van der Waals surface area contributed by atoms with Crippen LogP contribution in [0.3, 0.4) is 0 Å². The minimum absolute atomic E-state index is 0.0671. The molecule has 2 aromatic rings. The van der Waals surface area contributed by atoms with Crippen LogP contribution in [-0.2, 0) is 32.1 Å². The lowest BCUT2D eigenvalue weighted by atomic mass is 10.1. The van der Waals surface area contributed by atoms with Crippen molar-refractivity contribution in [3.8, 4) is 0 Å². The quantitative estimate of drug-likeness (QED) is 0.531. The van der Waals surface area contributed by atoms with Crippen LogP contribution in [0.4, 0.5) is 4.79 Å². The van der Waals surface area contributed by atoms with Gasteiger partial charge in [-0.25, -0.2) is 9.78 Å². The van der Waals surface area contributed by atoms with Gasteiger partial charge in [-0.3, -0.25) is 4.79 Å². The van der Waals surface area contributed by atoms with Crippen LogP contribution in [-0.4, -0.2) is 82.5 Å². The average Bonchev–Trinajstić information content (AvgIpc) is 3.59. The van der Waals surface area contributed by atoms with Crippen molar-refractivity contribution in [1.29, 1.82) is 0 Å². The number of carbonyl (C=O) groups excluding carboxylic acids is 2. The van der Waals surface area contributed by atoms with Crippen LogP contribution in [0.15, 0.2) is 18.5 Å². The number of pyridine rings is 1. The number of rotatable bonds is 8. The van der Waals surface area contributed by atoms with Gasteiger partial charge >= 0.3 is 6.09 Å². The first-order valence-electron chi connectivity index (χ1n) is 12.5. The molecule has 9 nitrogen and oxygen atoms in total. The summed E-state index contributed by atoms with van der Waals surface area (Å²) in [6, 6.07) is 2.21. The molecule has 192 valence electrons. The molecule has 3 heterocycles. The van der Waals surface area contributed by atoms with Crippen LogP contribution in [0.2, 0.25) is 0 Å². The molecule has 9 heteroatoms. The summed E-state index contributed by atoms with van der Waals surface area (Å²) < 4.78 is 18.8.